The van der Waals surface area contributed by atoms with Gasteiger partial charge in [0, 0.05) is 0 Å². The molecule has 0 spiro atoms. The van der Waals surface area contributed by atoms with Crippen LogP contribution in [0, 0.1) is 10.1 Å². The van der Waals surface area contributed by atoms with Crippen LogP contribution in [0.25, 0.3) is 0 Å². The van der Waals surface area contributed by atoms with E-state index >= 15 is 0 Å². The van der Waals surface area contributed by atoms with Crippen LogP contribution in [0.3, 0.4) is 0 Å². The maximum absolute atomic E-state index is 10.7. The monoisotopic (exact) mass is 234 g/mol. The second kappa shape index (κ2) is 3.08. The summed E-state index contributed by atoms with van der Waals surface area (Å²) in [7, 11) is 0. The Balaban J connectivity index is 2.62. The number of rotatable bonds is 1. The molecule has 0 unspecified atom stereocenters. The third-order valence-corrected chi connectivity index (χ3v) is 3.45. The molecule has 0 saturated carbocycles. The van der Waals surface area contributed by atoms with Gasteiger partial charge in [0.1, 0.15) is 0 Å². The zero-order valence-electron chi connectivity index (χ0n) is 7.33. The van der Waals surface area contributed by atoms with Gasteiger partial charge >= 0.3 is 85.1 Å². The molecule has 1 heterocycles. The summed E-state index contributed by atoms with van der Waals surface area (Å²) in [5.41, 5.74) is 2.09. The minimum absolute atomic E-state index is 0.248. The molecular formula is C8H9GaN2O2. The first-order valence-corrected chi connectivity index (χ1v) is 6.30. The molecule has 2 rings (SSSR count). The van der Waals surface area contributed by atoms with Gasteiger partial charge in [0.15, 0.2) is 0 Å². The molecule has 0 fully saturated rings. The number of hydrogen-bond donors (Lipinski definition) is 1. The summed E-state index contributed by atoms with van der Waals surface area (Å²) < 4.78 is 1.14. The molecule has 0 radical (unpaired) electrons. The van der Waals surface area contributed by atoms with Crippen molar-refractivity contribution in [3.63, 3.8) is 0 Å². The first-order chi connectivity index (χ1) is 6.18. The van der Waals surface area contributed by atoms with Crippen LogP contribution in [0.15, 0.2) is 12.1 Å². The number of nitrogens with one attached hydrogen (secondary N) is 1. The molecule has 4 nitrogen and oxygen atoms in total. The van der Waals surface area contributed by atoms with Crippen LogP contribution < -0.4 is 9.43 Å². The van der Waals surface area contributed by atoms with Crippen LogP contribution in [0.1, 0.15) is 5.56 Å². The van der Waals surface area contributed by atoms with Gasteiger partial charge in [-0.3, -0.25) is 0 Å². The van der Waals surface area contributed by atoms with E-state index in [1.165, 1.54) is 0 Å². The van der Waals surface area contributed by atoms with E-state index in [9.17, 15) is 10.1 Å². The van der Waals surface area contributed by atoms with E-state index < -0.39 is 0 Å². The summed E-state index contributed by atoms with van der Waals surface area (Å²) in [5, 5.41) is 13.8. The number of nitrogens with zero attached hydrogens (tertiary/aromatic N) is 1. The molecule has 1 aromatic carbocycles. The predicted octanol–water partition coefficient (Wildman–Crippen LogP) is -0.179. The molecule has 0 amide bonds. The molecule has 5 heteroatoms. The standard InChI is InChI=1S/C8H7N2O2.Ga.2H/c11-10(12)7-3-1-2-6-4-5-9-8(6)7;;;/h2-3,9H,4-5H2;;;. The summed E-state index contributed by atoms with van der Waals surface area (Å²) >= 11 is 0.509. The Labute approximate surface area is 85.4 Å². The normalized spacial score (nSPS) is 13.5. The van der Waals surface area contributed by atoms with E-state index in [2.05, 4.69) is 11.4 Å². The fraction of sp³-hybridized carbons (Fsp3) is 0.250. The Bertz CT molecular complexity index is 379. The quantitative estimate of drug-likeness (QED) is 0.417. The van der Waals surface area contributed by atoms with Crippen molar-refractivity contribution in [3.05, 3.63) is 27.8 Å². The van der Waals surface area contributed by atoms with Gasteiger partial charge in [-0.05, 0) is 0 Å². The molecule has 1 aliphatic rings. The second-order valence-electron chi connectivity index (χ2n) is 3.25. The van der Waals surface area contributed by atoms with Crippen LogP contribution in [0.4, 0.5) is 11.4 Å². The molecule has 0 aromatic heterocycles. The Morgan fingerprint density at radius 1 is 1.54 bits per heavy atom. The van der Waals surface area contributed by atoms with E-state index in [1.807, 2.05) is 0 Å². The third-order valence-electron chi connectivity index (χ3n) is 2.24. The Morgan fingerprint density at radius 2 is 2.31 bits per heavy atom. The Kier molecular flexibility index (Phi) is 2.05. The van der Waals surface area contributed by atoms with Crippen molar-refractivity contribution in [1.82, 2.24) is 0 Å². The van der Waals surface area contributed by atoms with Crippen molar-refractivity contribution in [3.8, 4) is 0 Å². The molecule has 13 heavy (non-hydrogen) atoms. The SMILES string of the molecule is O=[N+]([O-])c1c[c]([GaH2])cc2c1NCC2. The average molecular weight is 235 g/mol. The molecular weight excluding hydrogens is 226 g/mol. The molecule has 0 bridgehead atoms. The molecule has 1 N–H and O–H groups in total. The third kappa shape index (κ3) is 1.44. The van der Waals surface area contributed by atoms with Crippen LogP contribution >= 0.6 is 0 Å². The van der Waals surface area contributed by atoms with Gasteiger partial charge < -0.3 is 0 Å². The first kappa shape index (κ1) is 8.65. The molecule has 0 aliphatic carbocycles. The number of nitro benzene ring substituents is 1. The van der Waals surface area contributed by atoms with Gasteiger partial charge in [0.25, 0.3) is 0 Å². The van der Waals surface area contributed by atoms with Gasteiger partial charge in [-0.15, -0.1) is 0 Å². The van der Waals surface area contributed by atoms with Crippen LogP contribution in [-0.4, -0.2) is 30.1 Å². The van der Waals surface area contributed by atoms with Gasteiger partial charge in [-0.25, -0.2) is 0 Å². The maximum atomic E-state index is 10.7. The zero-order chi connectivity index (χ0) is 9.42. The van der Waals surface area contributed by atoms with E-state index in [1.54, 1.807) is 6.07 Å². The van der Waals surface area contributed by atoms with E-state index in [-0.39, 0.29) is 10.6 Å². The van der Waals surface area contributed by atoms with Crippen LogP contribution in [0.2, 0.25) is 0 Å². The van der Waals surface area contributed by atoms with Crippen molar-refractivity contribution in [2.45, 2.75) is 6.42 Å². The molecule has 1 aliphatic heterocycles. The number of benzene rings is 1. The first-order valence-electron chi connectivity index (χ1n) is 4.20. The van der Waals surface area contributed by atoms with E-state index in [0.717, 1.165) is 28.3 Å². The van der Waals surface area contributed by atoms with Crippen molar-refractivity contribution < 1.29 is 4.92 Å². The number of anilines is 1. The number of fused-ring (bicyclic) bond motifs is 1. The summed E-state index contributed by atoms with van der Waals surface area (Å²) in [4.78, 5) is 10.4. The molecule has 66 valence electrons. The summed E-state index contributed by atoms with van der Waals surface area (Å²) in [6, 6.07) is 3.78. The van der Waals surface area contributed by atoms with Crippen LogP contribution in [0.5, 0.6) is 0 Å². The van der Waals surface area contributed by atoms with Crippen molar-refractivity contribution in [2.75, 3.05) is 11.9 Å². The summed E-state index contributed by atoms with van der Waals surface area (Å²) in [6.45, 7) is 0.826. The minimum atomic E-state index is -0.299. The fourth-order valence-corrected chi connectivity index (χ4v) is 3.01. The van der Waals surface area contributed by atoms with Crippen molar-refractivity contribution >= 4 is 34.1 Å². The molecule has 0 atom stereocenters. The second-order valence-corrected chi connectivity index (χ2v) is 5.67. The fourth-order valence-electron chi connectivity index (χ4n) is 1.71. The Morgan fingerprint density at radius 3 is 3.00 bits per heavy atom. The van der Waals surface area contributed by atoms with Gasteiger partial charge in [-0.1, -0.05) is 0 Å². The summed E-state index contributed by atoms with van der Waals surface area (Å²) in [6.07, 6.45) is 0.917. The number of hydrogen-bond acceptors (Lipinski definition) is 3. The van der Waals surface area contributed by atoms with Crippen molar-refractivity contribution in [2.24, 2.45) is 0 Å². The zero-order valence-corrected chi connectivity index (χ0v) is 11.5. The number of nitro groups is 1. The topological polar surface area (TPSA) is 55.2 Å². The van der Waals surface area contributed by atoms with E-state index in [4.69, 9.17) is 0 Å². The Hall–Kier alpha value is -0.944. The van der Waals surface area contributed by atoms with Crippen LogP contribution in [-0.2, 0) is 6.42 Å². The molecule has 1 aromatic rings. The predicted molar refractivity (Wildman–Crippen MR) is 53.5 cm³/mol. The van der Waals surface area contributed by atoms with Gasteiger partial charge in [0.2, 0.25) is 0 Å². The average Bonchev–Trinajstić information content (AvgIpc) is 2.49. The van der Waals surface area contributed by atoms with Gasteiger partial charge in [-0.2, -0.15) is 0 Å². The van der Waals surface area contributed by atoms with Crippen molar-refractivity contribution in [1.29, 1.82) is 0 Å². The van der Waals surface area contributed by atoms with E-state index in [0.29, 0.717) is 18.6 Å². The summed E-state index contributed by atoms with van der Waals surface area (Å²) in [5.74, 6) is 0. The molecule has 0 saturated heterocycles. The van der Waals surface area contributed by atoms with Gasteiger partial charge in [0.05, 0.1) is 0 Å².